The molecular formula is C11H9F4NO. The normalized spacial score (nSPS) is 15.4. The molecule has 1 aliphatic heterocycles. The first-order valence-corrected chi connectivity index (χ1v) is 5.14. The lowest BCUT2D eigenvalue weighted by molar-refractivity contribution is 0.0786. The first-order valence-electron chi connectivity index (χ1n) is 5.14. The molecule has 1 aliphatic rings. The quantitative estimate of drug-likeness (QED) is 0.424. The van der Waals surface area contributed by atoms with Crippen LogP contribution < -0.4 is 0 Å². The van der Waals surface area contributed by atoms with Crippen LogP contribution in [0.2, 0.25) is 0 Å². The number of halogens is 4. The van der Waals surface area contributed by atoms with E-state index >= 15 is 0 Å². The second-order valence-electron chi connectivity index (χ2n) is 3.85. The zero-order valence-corrected chi connectivity index (χ0v) is 8.77. The largest absolute Gasteiger partial charge is 0.339 e. The first-order chi connectivity index (χ1) is 8.02. The van der Waals surface area contributed by atoms with Crippen molar-refractivity contribution in [3.05, 3.63) is 34.9 Å². The van der Waals surface area contributed by atoms with Gasteiger partial charge < -0.3 is 4.90 Å². The maximum absolute atomic E-state index is 13.3. The van der Waals surface area contributed by atoms with Gasteiger partial charge in [0.15, 0.2) is 23.3 Å². The standard InChI is InChI=1S/C11H9F4NO/c12-7-5-6(8(13)10(15)9(7)14)11(17)16-3-1-2-4-16/h5H,1-4H2. The van der Waals surface area contributed by atoms with Crippen LogP contribution in [-0.2, 0) is 0 Å². The molecule has 1 saturated heterocycles. The number of nitrogens with zero attached hydrogens (tertiary/aromatic N) is 1. The monoisotopic (exact) mass is 247 g/mol. The lowest BCUT2D eigenvalue weighted by atomic mass is 10.1. The number of hydrogen-bond acceptors (Lipinski definition) is 1. The Labute approximate surface area is 94.8 Å². The van der Waals surface area contributed by atoms with Crippen LogP contribution in [0.5, 0.6) is 0 Å². The van der Waals surface area contributed by atoms with Gasteiger partial charge in [-0.3, -0.25) is 4.79 Å². The summed E-state index contributed by atoms with van der Waals surface area (Å²) in [5, 5.41) is 0. The summed E-state index contributed by atoms with van der Waals surface area (Å²) in [5.74, 6) is -7.86. The predicted octanol–water partition coefficient (Wildman–Crippen LogP) is 2.48. The Balaban J connectivity index is 2.41. The first kappa shape index (κ1) is 11.9. The lowest BCUT2D eigenvalue weighted by Gasteiger charge is -2.15. The third kappa shape index (κ3) is 1.99. The summed E-state index contributed by atoms with van der Waals surface area (Å²) in [6.45, 7) is 0.831. The fraction of sp³-hybridized carbons (Fsp3) is 0.364. The minimum absolute atomic E-state index is 0.397. The van der Waals surface area contributed by atoms with Crippen molar-refractivity contribution in [2.24, 2.45) is 0 Å². The lowest BCUT2D eigenvalue weighted by Crippen LogP contribution is -2.29. The molecule has 0 aliphatic carbocycles. The Morgan fingerprint density at radius 1 is 1.00 bits per heavy atom. The van der Waals surface area contributed by atoms with Gasteiger partial charge in [-0.05, 0) is 18.9 Å². The van der Waals surface area contributed by atoms with Gasteiger partial charge in [0.05, 0.1) is 5.56 Å². The van der Waals surface area contributed by atoms with E-state index in [1.807, 2.05) is 0 Å². The highest BCUT2D eigenvalue weighted by molar-refractivity contribution is 5.94. The zero-order chi connectivity index (χ0) is 12.6. The number of carbonyl (C=O) groups excluding carboxylic acids is 1. The summed E-state index contributed by atoms with van der Waals surface area (Å²) >= 11 is 0. The Bertz CT molecular complexity index is 469. The van der Waals surface area contributed by atoms with Crippen LogP contribution in [0.15, 0.2) is 6.07 Å². The van der Waals surface area contributed by atoms with Gasteiger partial charge in [-0.2, -0.15) is 0 Å². The fourth-order valence-electron chi connectivity index (χ4n) is 1.82. The fourth-order valence-corrected chi connectivity index (χ4v) is 1.82. The molecule has 1 heterocycles. The molecule has 0 atom stereocenters. The maximum Gasteiger partial charge on any atom is 0.257 e. The van der Waals surface area contributed by atoms with Crippen molar-refractivity contribution >= 4 is 5.91 Å². The zero-order valence-electron chi connectivity index (χ0n) is 8.77. The SMILES string of the molecule is O=C(c1cc(F)c(F)c(F)c1F)N1CCCC1. The Hall–Kier alpha value is -1.59. The van der Waals surface area contributed by atoms with Gasteiger partial charge in [0.1, 0.15) is 0 Å². The van der Waals surface area contributed by atoms with Crippen LogP contribution in [0.25, 0.3) is 0 Å². The van der Waals surface area contributed by atoms with Crippen LogP contribution in [0.1, 0.15) is 23.2 Å². The molecule has 2 rings (SSSR count). The van der Waals surface area contributed by atoms with Crippen LogP contribution in [-0.4, -0.2) is 23.9 Å². The van der Waals surface area contributed by atoms with Gasteiger partial charge in [-0.25, -0.2) is 17.6 Å². The molecule has 0 N–H and O–H groups in total. The smallest absolute Gasteiger partial charge is 0.257 e. The Morgan fingerprint density at radius 2 is 1.59 bits per heavy atom. The van der Waals surface area contributed by atoms with Crippen LogP contribution in [0.3, 0.4) is 0 Å². The average Bonchev–Trinajstić information content (AvgIpc) is 2.84. The van der Waals surface area contributed by atoms with E-state index in [1.54, 1.807) is 0 Å². The van der Waals surface area contributed by atoms with Crippen molar-refractivity contribution in [1.29, 1.82) is 0 Å². The number of hydrogen-bond donors (Lipinski definition) is 0. The van der Waals surface area contributed by atoms with Gasteiger partial charge in [0.2, 0.25) is 0 Å². The summed E-state index contributed by atoms with van der Waals surface area (Å²) in [4.78, 5) is 13.0. The molecule has 92 valence electrons. The highest BCUT2D eigenvalue weighted by Gasteiger charge is 2.27. The number of amides is 1. The molecule has 1 fully saturated rings. The molecular weight excluding hydrogens is 238 g/mol. The number of carbonyl (C=O) groups is 1. The summed E-state index contributed by atoms with van der Waals surface area (Å²) < 4.78 is 51.9. The van der Waals surface area contributed by atoms with E-state index in [-0.39, 0.29) is 0 Å². The molecule has 1 aromatic rings. The van der Waals surface area contributed by atoms with Gasteiger partial charge in [-0.15, -0.1) is 0 Å². The summed E-state index contributed by atoms with van der Waals surface area (Å²) in [6, 6.07) is 0.397. The highest BCUT2D eigenvalue weighted by Crippen LogP contribution is 2.21. The second kappa shape index (κ2) is 4.35. The van der Waals surface area contributed by atoms with E-state index in [0.29, 0.717) is 19.2 Å². The van der Waals surface area contributed by atoms with Crippen LogP contribution in [0, 0.1) is 23.3 Å². The molecule has 0 bridgehead atoms. The predicted molar refractivity (Wildman–Crippen MR) is 51.4 cm³/mol. The summed E-state index contributed by atoms with van der Waals surface area (Å²) in [5.41, 5.74) is -0.761. The molecule has 1 amide bonds. The third-order valence-electron chi connectivity index (χ3n) is 2.73. The number of benzene rings is 1. The van der Waals surface area contributed by atoms with E-state index in [0.717, 1.165) is 12.8 Å². The van der Waals surface area contributed by atoms with Crippen molar-refractivity contribution < 1.29 is 22.4 Å². The second-order valence-corrected chi connectivity index (χ2v) is 3.85. The van der Waals surface area contributed by atoms with Gasteiger partial charge in [0.25, 0.3) is 5.91 Å². The average molecular weight is 247 g/mol. The summed E-state index contributed by atoms with van der Waals surface area (Å²) in [7, 11) is 0. The highest BCUT2D eigenvalue weighted by atomic mass is 19.2. The van der Waals surface area contributed by atoms with Gasteiger partial charge in [0, 0.05) is 13.1 Å². The van der Waals surface area contributed by atoms with Crippen molar-refractivity contribution in [3.63, 3.8) is 0 Å². The summed E-state index contributed by atoms with van der Waals surface area (Å²) in [6.07, 6.45) is 1.53. The van der Waals surface area contributed by atoms with Crippen molar-refractivity contribution in [3.8, 4) is 0 Å². The molecule has 0 spiro atoms. The molecule has 6 heteroatoms. The molecule has 0 saturated carbocycles. The number of rotatable bonds is 1. The Kier molecular flexibility index (Phi) is 3.04. The topological polar surface area (TPSA) is 20.3 Å². The third-order valence-corrected chi connectivity index (χ3v) is 2.73. The molecule has 0 radical (unpaired) electrons. The minimum Gasteiger partial charge on any atom is -0.339 e. The van der Waals surface area contributed by atoms with Crippen molar-refractivity contribution in [1.82, 2.24) is 4.90 Å². The van der Waals surface area contributed by atoms with Gasteiger partial charge in [-0.1, -0.05) is 0 Å². The Morgan fingerprint density at radius 3 is 2.18 bits per heavy atom. The maximum atomic E-state index is 13.3. The van der Waals surface area contributed by atoms with Crippen LogP contribution in [0.4, 0.5) is 17.6 Å². The minimum atomic E-state index is -1.95. The van der Waals surface area contributed by atoms with Crippen molar-refractivity contribution in [2.75, 3.05) is 13.1 Å². The molecule has 0 aromatic heterocycles. The van der Waals surface area contributed by atoms with E-state index in [4.69, 9.17) is 0 Å². The number of likely N-dealkylation sites (tertiary alicyclic amines) is 1. The van der Waals surface area contributed by atoms with E-state index < -0.39 is 34.7 Å². The van der Waals surface area contributed by atoms with E-state index in [2.05, 4.69) is 0 Å². The molecule has 0 unspecified atom stereocenters. The van der Waals surface area contributed by atoms with Gasteiger partial charge >= 0.3 is 0 Å². The van der Waals surface area contributed by atoms with E-state index in [1.165, 1.54) is 4.90 Å². The van der Waals surface area contributed by atoms with E-state index in [9.17, 15) is 22.4 Å². The molecule has 1 aromatic carbocycles. The molecule has 17 heavy (non-hydrogen) atoms. The van der Waals surface area contributed by atoms with Crippen molar-refractivity contribution in [2.45, 2.75) is 12.8 Å². The van der Waals surface area contributed by atoms with Crippen LogP contribution >= 0.6 is 0 Å². The molecule has 2 nitrogen and oxygen atoms in total.